The lowest BCUT2D eigenvalue weighted by Crippen LogP contribution is -2.15. The Morgan fingerprint density at radius 1 is 0.448 bits per heavy atom. The van der Waals surface area contributed by atoms with Gasteiger partial charge in [-0.1, -0.05) is 121 Å². The molecule has 274 valence electrons. The Labute approximate surface area is 335 Å². The van der Waals surface area contributed by atoms with Gasteiger partial charge in [0.2, 0.25) is 0 Å². The summed E-state index contributed by atoms with van der Waals surface area (Å²) < 4.78 is 15.1. The molecule has 0 amide bonds. The summed E-state index contributed by atoms with van der Waals surface area (Å²) in [5, 5.41) is 4.76. The second-order valence-corrected chi connectivity index (χ2v) is 15.2. The molecule has 0 saturated carbocycles. The minimum absolute atomic E-state index is 0.0281. The Kier molecular flexibility index (Phi) is 7.32. The van der Waals surface area contributed by atoms with E-state index < -0.39 is 0 Å². The first-order valence-corrected chi connectivity index (χ1v) is 19.9. The monoisotopic (exact) mass is 744 g/mol. The molecule has 0 fully saturated rings. The molecule has 2 atom stereocenters. The highest BCUT2D eigenvalue weighted by Gasteiger charge is 2.33. The molecule has 10 aromatic rings. The van der Waals surface area contributed by atoms with E-state index in [1.165, 1.54) is 27.4 Å². The van der Waals surface area contributed by atoms with Crippen LogP contribution >= 0.6 is 0 Å². The van der Waals surface area contributed by atoms with Crippen molar-refractivity contribution in [3.8, 4) is 33.7 Å². The van der Waals surface area contributed by atoms with Crippen LogP contribution in [0.3, 0.4) is 0 Å². The molecule has 4 nitrogen and oxygen atoms in total. The molecule has 0 bridgehead atoms. The first kappa shape index (κ1) is 32.7. The van der Waals surface area contributed by atoms with Crippen LogP contribution in [0.15, 0.2) is 211 Å². The highest BCUT2D eigenvalue weighted by atomic mass is 16.5. The zero-order valence-corrected chi connectivity index (χ0v) is 31.5. The molecule has 8 aromatic carbocycles. The largest absolute Gasteiger partial charge is 0.484 e. The van der Waals surface area contributed by atoms with E-state index in [4.69, 9.17) is 9.15 Å². The average Bonchev–Trinajstić information content (AvgIpc) is 3.97. The van der Waals surface area contributed by atoms with E-state index in [1.807, 2.05) is 12.1 Å². The minimum Gasteiger partial charge on any atom is -0.484 e. The van der Waals surface area contributed by atoms with Gasteiger partial charge in [0.25, 0.3) is 0 Å². The maximum absolute atomic E-state index is 6.62. The van der Waals surface area contributed by atoms with Gasteiger partial charge >= 0.3 is 0 Å². The predicted octanol–water partition coefficient (Wildman–Crippen LogP) is 14.5. The van der Waals surface area contributed by atoms with Crippen molar-refractivity contribution in [3.05, 3.63) is 212 Å². The van der Waals surface area contributed by atoms with Crippen LogP contribution in [0.2, 0.25) is 0 Å². The van der Waals surface area contributed by atoms with E-state index in [-0.39, 0.29) is 12.0 Å². The minimum atomic E-state index is 0.0281. The Balaban J connectivity index is 0.970. The summed E-state index contributed by atoms with van der Waals surface area (Å²) in [5.41, 5.74) is 14.3. The van der Waals surface area contributed by atoms with Crippen LogP contribution in [-0.4, -0.2) is 10.7 Å². The fourth-order valence-corrected chi connectivity index (χ4v) is 9.21. The molecule has 0 radical (unpaired) electrons. The van der Waals surface area contributed by atoms with E-state index in [9.17, 15) is 0 Å². The van der Waals surface area contributed by atoms with Crippen molar-refractivity contribution in [2.24, 2.45) is 0 Å². The fourth-order valence-electron chi connectivity index (χ4n) is 9.21. The third-order valence-corrected chi connectivity index (χ3v) is 11.9. The summed E-state index contributed by atoms with van der Waals surface area (Å²) in [5.74, 6) is 1.21. The molecule has 1 aliphatic heterocycles. The lowest BCUT2D eigenvalue weighted by molar-refractivity contribution is 0.270. The number of rotatable bonds is 6. The van der Waals surface area contributed by atoms with E-state index in [2.05, 4.69) is 204 Å². The number of hydrogen-bond donors (Lipinski definition) is 0. The summed E-state index contributed by atoms with van der Waals surface area (Å²) in [6.07, 6.45) is 8.65. The molecule has 12 rings (SSSR count). The van der Waals surface area contributed by atoms with Crippen molar-refractivity contribution in [2.45, 2.75) is 12.0 Å². The number of hydrogen-bond acceptors (Lipinski definition) is 3. The molecule has 0 saturated heterocycles. The maximum atomic E-state index is 6.62. The number of fused-ring (bicyclic) bond motifs is 9. The normalized spacial score (nSPS) is 15.6. The molecule has 1 aliphatic carbocycles. The van der Waals surface area contributed by atoms with Crippen LogP contribution in [0.4, 0.5) is 17.1 Å². The van der Waals surface area contributed by atoms with Crippen molar-refractivity contribution in [3.63, 3.8) is 0 Å². The van der Waals surface area contributed by atoms with Gasteiger partial charge in [-0.3, -0.25) is 0 Å². The summed E-state index contributed by atoms with van der Waals surface area (Å²) in [7, 11) is 0. The number of aromatic nitrogens is 1. The first-order chi connectivity index (χ1) is 28.7. The predicted molar refractivity (Wildman–Crippen MR) is 239 cm³/mol. The van der Waals surface area contributed by atoms with Crippen LogP contribution in [0.5, 0.6) is 5.75 Å². The molecule has 58 heavy (non-hydrogen) atoms. The van der Waals surface area contributed by atoms with E-state index in [0.29, 0.717) is 0 Å². The summed E-state index contributed by atoms with van der Waals surface area (Å²) in [6.45, 7) is 0. The molecule has 4 heteroatoms. The Hall–Kier alpha value is -7.56. The van der Waals surface area contributed by atoms with Gasteiger partial charge in [-0.15, -0.1) is 0 Å². The Morgan fingerprint density at radius 3 is 1.90 bits per heavy atom. The zero-order valence-electron chi connectivity index (χ0n) is 31.5. The number of allylic oxidation sites excluding steroid dienone is 2. The Bertz CT molecular complexity index is 3220. The van der Waals surface area contributed by atoms with Crippen LogP contribution < -0.4 is 9.64 Å². The number of ether oxygens (including phenoxy) is 1. The third kappa shape index (κ3) is 5.15. The lowest BCUT2D eigenvalue weighted by Gasteiger charge is -2.26. The third-order valence-electron chi connectivity index (χ3n) is 11.9. The van der Waals surface area contributed by atoms with Crippen molar-refractivity contribution in [2.75, 3.05) is 4.90 Å². The summed E-state index contributed by atoms with van der Waals surface area (Å²) >= 11 is 0. The van der Waals surface area contributed by atoms with Crippen molar-refractivity contribution in [1.29, 1.82) is 0 Å². The number of para-hydroxylation sites is 4. The number of furan rings is 1. The fraction of sp³-hybridized carbons (Fsp3) is 0.0370. The van der Waals surface area contributed by atoms with Gasteiger partial charge in [0, 0.05) is 61.3 Å². The number of benzene rings is 8. The molecular weight excluding hydrogens is 709 g/mol. The van der Waals surface area contributed by atoms with Gasteiger partial charge in [-0.05, 0) is 102 Å². The molecule has 2 aromatic heterocycles. The average molecular weight is 745 g/mol. The molecular formula is C54H36N2O2. The van der Waals surface area contributed by atoms with Crippen LogP contribution in [0, 0.1) is 0 Å². The van der Waals surface area contributed by atoms with Crippen molar-refractivity contribution in [1.82, 2.24) is 4.57 Å². The molecule has 3 heterocycles. The van der Waals surface area contributed by atoms with E-state index in [0.717, 1.165) is 72.7 Å². The standard InChI is InChI=1S/C54H36N2O2/c1-5-19-49-43(13-1)44-14-2-6-20-50(44)56(49)40-30-28-39(29-31-40)55(38-26-23-35(24-27-38)36-25-32-53-48(34-36)46-16-4-7-21-51(46)57-53)41-12-9-11-37(33-41)42-17-10-18-47-45-15-3-8-22-52(45)58-54(42)47/h1-34,45,52H/t45?,52-/m0/s1. The van der Waals surface area contributed by atoms with Crippen LogP contribution in [-0.2, 0) is 0 Å². The van der Waals surface area contributed by atoms with Gasteiger partial charge in [-0.25, -0.2) is 0 Å². The lowest BCUT2D eigenvalue weighted by atomic mass is 9.90. The Morgan fingerprint density at radius 2 is 1.10 bits per heavy atom. The summed E-state index contributed by atoms with van der Waals surface area (Å²) in [6, 6.07) is 65.3. The number of nitrogens with zero attached hydrogens (tertiary/aromatic N) is 2. The van der Waals surface area contributed by atoms with Gasteiger partial charge in [0.05, 0.1) is 11.0 Å². The highest BCUT2D eigenvalue weighted by molar-refractivity contribution is 6.09. The molecule has 1 unspecified atom stereocenters. The molecule has 0 spiro atoms. The summed E-state index contributed by atoms with van der Waals surface area (Å²) in [4.78, 5) is 2.35. The van der Waals surface area contributed by atoms with Crippen molar-refractivity contribution >= 4 is 60.8 Å². The molecule has 2 aliphatic rings. The van der Waals surface area contributed by atoms with E-state index >= 15 is 0 Å². The zero-order chi connectivity index (χ0) is 38.2. The number of anilines is 3. The van der Waals surface area contributed by atoms with Crippen LogP contribution in [0.1, 0.15) is 11.5 Å². The van der Waals surface area contributed by atoms with Gasteiger partial charge in [0.1, 0.15) is 23.0 Å². The quantitative estimate of drug-likeness (QED) is 0.170. The second kappa shape index (κ2) is 13.0. The van der Waals surface area contributed by atoms with Gasteiger partial charge in [-0.2, -0.15) is 0 Å². The van der Waals surface area contributed by atoms with Gasteiger partial charge < -0.3 is 18.6 Å². The van der Waals surface area contributed by atoms with Crippen molar-refractivity contribution < 1.29 is 9.15 Å². The second-order valence-electron chi connectivity index (χ2n) is 15.2. The maximum Gasteiger partial charge on any atom is 0.135 e. The van der Waals surface area contributed by atoms with Gasteiger partial charge in [0.15, 0.2) is 0 Å². The topological polar surface area (TPSA) is 30.5 Å². The highest BCUT2D eigenvalue weighted by Crippen LogP contribution is 2.48. The first-order valence-electron chi connectivity index (χ1n) is 19.9. The molecule has 0 N–H and O–H groups in total. The van der Waals surface area contributed by atoms with Crippen LogP contribution in [0.25, 0.3) is 71.7 Å². The van der Waals surface area contributed by atoms with E-state index in [1.54, 1.807) is 0 Å². The SMILES string of the molecule is C1=CC2c3cccc(-c4cccc(N(c5ccc(-c6ccc7oc8ccccc8c7c6)cc5)c5ccc(-n6c7ccccc7c7ccccc76)cc5)c4)c3O[C@H]2C=C1. The smallest absolute Gasteiger partial charge is 0.135 e.